The van der Waals surface area contributed by atoms with Crippen LogP contribution in [0.5, 0.6) is 0 Å². The highest BCUT2D eigenvalue weighted by molar-refractivity contribution is 9.10. The first-order valence-corrected chi connectivity index (χ1v) is 6.36. The van der Waals surface area contributed by atoms with Crippen molar-refractivity contribution in [3.05, 3.63) is 70.2 Å². The van der Waals surface area contributed by atoms with Gasteiger partial charge in [0.25, 0.3) is 0 Å². The highest BCUT2D eigenvalue weighted by Crippen LogP contribution is 2.13. The molecule has 2 aromatic rings. The van der Waals surface area contributed by atoms with Crippen LogP contribution in [0.15, 0.2) is 64.1 Å². The molecule has 0 heterocycles. The molecule has 0 spiro atoms. The molecule has 0 amide bonds. The summed E-state index contributed by atoms with van der Waals surface area (Å²) in [6.07, 6.45) is 0. The normalized spacial score (nSPS) is 11.5. The fraction of sp³-hybridized carbons (Fsp3) is 0.133. The molecule has 86 valence electrons. The summed E-state index contributed by atoms with van der Waals surface area (Å²) in [5.41, 5.74) is 3.47. The molecule has 1 nitrogen and oxygen atoms in total. The smallest absolute Gasteiger partial charge is 0.0643 e. The minimum atomic E-state index is 0.735. The lowest BCUT2D eigenvalue weighted by molar-refractivity contribution is 1.06. The van der Waals surface area contributed by atoms with E-state index in [-0.39, 0.29) is 0 Å². The number of aliphatic imine (C=N–C) groups is 1. The zero-order valence-electron chi connectivity index (χ0n) is 9.73. The van der Waals surface area contributed by atoms with Crippen molar-refractivity contribution in [2.75, 3.05) is 0 Å². The van der Waals surface area contributed by atoms with Crippen LogP contribution in [-0.4, -0.2) is 5.71 Å². The Kier molecular flexibility index (Phi) is 4.10. The summed E-state index contributed by atoms with van der Waals surface area (Å²) in [5, 5.41) is 0. The van der Waals surface area contributed by atoms with Gasteiger partial charge in [-0.2, -0.15) is 0 Å². The Balaban J connectivity index is 2.12. The van der Waals surface area contributed by atoms with Gasteiger partial charge in [-0.15, -0.1) is 0 Å². The molecular formula is C15H14BrN. The Morgan fingerprint density at radius 1 is 1.06 bits per heavy atom. The van der Waals surface area contributed by atoms with Crippen molar-refractivity contribution in [2.24, 2.45) is 4.99 Å². The summed E-state index contributed by atoms with van der Waals surface area (Å²) in [6.45, 7) is 2.78. The lowest BCUT2D eigenvalue weighted by Gasteiger charge is -2.02. The zero-order chi connectivity index (χ0) is 12.1. The van der Waals surface area contributed by atoms with Crippen LogP contribution in [0, 0.1) is 0 Å². The second kappa shape index (κ2) is 5.78. The molecule has 0 fully saturated rings. The second-order valence-electron chi connectivity index (χ2n) is 3.90. The predicted molar refractivity (Wildman–Crippen MR) is 76.5 cm³/mol. The van der Waals surface area contributed by atoms with Crippen LogP contribution in [0.3, 0.4) is 0 Å². The Morgan fingerprint density at radius 2 is 1.82 bits per heavy atom. The Bertz CT molecular complexity index is 517. The summed E-state index contributed by atoms with van der Waals surface area (Å²) in [6, 6.07) is 18.5. The topological polar surface area (TPSA) is 12.4 Å². The number of benzene rings is 2. The van der Waals surface area contributed by atoms with Gasteiger partial charge in [-0.3, -0.25) is 4.99 Å². The van der Waals surface area contributed by atoms with Gasteiger partial charge in [-0.1, -0.05) is 58.4 Å². The minimum absolute atomic E-state index is 0.735. The molecule has 0 atom stereocenters. The maximum absolute atomic E-state index is 4.60. The molecule has 0 radical (unpaired) electrons. The molecule has 17 heavy (non-hydrogen) atoms. The summed E-state index contributed by atoms with van der Waals surface area (Å²) < 4.78 is 1.09. The van der Waals surface area contributed by atoms with E-state index in [9.17, 15) is 0 Å². The maximum Gasteiger partial charge on any atom is 0.0643 e. The third kappa shape index (κ3) is 3.53. The van der Waals surface area contributed by atoms with Gasteiger partial charge in [-0.05, 0) is 30.2 Å². The van der Waals surface area contributed by atoms with Crippen molar-refractivity contribution in [2.45, 2.75) is 13.5 Å². The number of hydrogen-bond acceptors (Lipinski definition) is 1. The third-order valence-corrected chi connectivity index (χ3v) is 3.08. The first-order valence-electron chi connectivity index (χ1n) is 5.56. The molecule has 2 heteroatoms. The molecule has 0 aliphatic rings. The van der Waals surface area contributed by atoms with Gasteiger partial charge in [0.1, 0.15) is 0 Å². The lowest BCUT2D eigenvalue weighted by atomic mass is 10.1. The fourth-order valence-electron chi connectivity index (χ4n) is 1.60. The molecule has 0 aromatic heterocycles. The van der Waals surface area contributed by atoms with Crippen LogP contribution < -0.4 is 0 Å². The van der Waals surface area contributed by atoms with Crippen molar-refractivity contribution in [3.8, 4) is 0 Å². The van der Waals surface area contributed by atoms with Crippen molar-refractivity contribution in [1.82, 2.24) is 0 Å². The predicted octanol–water partition coefficient (Wildman–Crippen LogP) is 4.46. The van der Waals surface area contributed by atoms with Crippen LogP contribution in [0.2, 0.25) is 0 Å². The SMILES string of the molecule is CC(=NCc1ccccc1)c1cccc(Br)c1. The summed E-state index contributed by atoms with van der Waals surface area (Å²) in [7, 11) is 0. The number of hydrogen-bond donors (Lipinski definition) is 0. The molecule has 0 saturated heterocycles. The van der Waals surface area contributed by atoms with E-state index in [0.29, 0.717) is 0 Å². The Labute approximate surface area is 110 Å². The Hall–Kier alpha value is -1.41. The van der Waals surface area contributed by atoms with Crippen molar-refractivity contribution in [3.63, 3.8) is 0 Å². The van der Waals surface area contributed by atoms with Gasteiger partial charge in [0.15, 0.2) is 0 Å². The highest BCUT2D eigenvalue weighted by atomic mass is 79.9. The van der Waals surface area contributed by atoms with Gasteiger partial charge >= 0.3 is 0 Å². The van der Waals surface area contributed by atoms with E-state index < -0.39 is 0 Å². The van der Waals surface area contributed by atoms with Gasteiger partial charge in [0, 0.05) is 10.2 Å². The summed E-state index contributed by atoms with van der Waals surface area (Å²) in [5.74, 6) is 0. The minimum Gasteiger partial charge on any atom is -0.285 e. The number of nitrogens with zero attached hydrogens (tertiary/aromatic N) is 1. The van der Waals surface area contributed by atoms with E-state index in [1.54, 1.807) is 0 Å². The summed E-state index contributed by atoms with van der Waals surface area (Å²) in [4.78, 5) is 4.60. The Morgan fingerprint density at radius 3 is 2.53 bits per heavy atom. The maximum atomic E-state index is 4.60. The first kappa shape index (κ1) is 12.1. The monoisotopic (exact) mass is 287 g/mol. The fourth-order valence-corrected chi connectivity index (χ4v) is 2.00. The van der Waals surface area contributed by atoms with E-state index in [1.807, 2.05) is 37.3 Å². The van der Waals surface area contributed by atoms with E-state index >= 15 is 0 Å². The molecule has 0 saturated carbocycles. The lowest BCUT2D eigenvalue weighted by Crippen LogP contribution is -1.95. The van der Waals surface area contributed by atoms with Crippen LogP contribution in [0.25, 0.3) is 0 Å². The first-order chi connectivity index (χ1) is 8.25. The largest absolute Gasteiger partial charge is 0.285 e. The molecular weight excluding hydrogens is 274 g/mol. The highest BCUT2D eigenvalue weighted by Gasteiger charge is 1.97. The molecule has 2 rings (SSSR count). The average molecular weight is 288 g/mol. The zero-order valence-corrected chi connectivity index (χ0v) is 11.3. The standard InChI is InChI=1S/C15H14BrN/c1-12(14-8-5-9-15(16)10-14)17-11-13-6-3-2-4-7-13/h2-10H,11H2,1H3. The third-order valence-electron chi connectivity index (χ3n) is 2.58. The van der Waals surface area contributed by atoms with E-state index in [0.717, 1.165) is 22.3 Å². The van der Waals surface area contributed by atoms with Crippen molar-refractivity contribution < 1.29 is 0 Å². The van der Waals surface area contributed by atoms with E-state index in [1.165, 1.54) is 5.56 Å². The van der Waals surface area contributed by atoms with Gasteiger partial charge in [0.2, 0.25) is 0 Å². The molecule has 0 bridgehead atoms. The molecule has 0 aliphatic carbocycles. The van der Waals surface area contributed by atoms with Crippen molar-refractivity contribution >= 4 is 21.6 Å². The van der Waals surface area contributed by atoms with E-state index in [2.05, 4.69) is 45.2 Å². The van der Waals surface area contributed by atoms with Crippen LogP contribution in [0.4, 0.5) is 0 Å². The van der Waals surface area contributed by atoms with E-state index in [4.69, 9.17) is 0 Å². The molecule has 0 unspecified atom stereocenters. The van der Waals surface area contributed by atoms with Crippen LogP contribution in [0.1, 0.15) is 18.1 Å². The van der Waals surface area contributed by atoms with Gasteiger partial charge in [0.05, 0.1) is 6.54 Å². The molecule has 0 N–H and O–H groups in total. The van der Waals surface area contributed by atoms with Gasteiger partial charge < -0.3 is 0 Å². The quantitative estimate of drug-likeness (QED) is 0.739. The second-order valence-corrected chi connectivity index (χ2v) is 4.81. The average Bonchev–Trinajstić information content (AvgIpc) is 2.37. The number of rotatable bonds is 3. The summed E-state index contributed by atoms with van der Waals surface area (Å²) >= 11 is 3.47. The van der Waals surface area contributed by atoms with Crippen LogP contribution >= 0.6 is 15.9 Å². The number of halogens is 1. The molecule has 0 aliphatic heterocycles. The molecule has 2 aromatic carbocycles. The van der Waals surface area contributed by atoms with Crippen molar-refractivity contribution in [1.29, 1.82) is 0 Å². The van der Waals surface area contributed by atoms with Crippen LogP contribution in [-0.2, 0) is 6.54 Å². The van der Waals surface area contributed by atoms with Gasteiger partial charge in [-0.25, -0.2) is 0 Å².